The number of nitrogens with one attached hydrogen (secondary N) is 1. The lowest BCUT2D eigenvalue weighted by molar-refractivity contribution is 0.0455. The van der Waals surface area contributed by atoms with E-state index in [1.165, 1.54) is 29.2 Å². The van der Waals surface area contributed by atoms with Crippen molar-refractivity contribution in [3.8, 4) is 0 Å². The molecule has 0 atom stereocenters. The molecule has 0 bridgehead atoms. The van der Waals surface area contributed by atoms with E-state index in [1.54, 1.807) is 68.6 Å². The third-order valence-corrected chi connectivity index (χ3v) is 14.0. The van der Waals surface area contributed by atoms with Gasteiger partial charge in [-0.15, -0.1) is 0 Å². The average molecular weight is 1160 g/mol. The molecule has 28 nitrogen and oxygen atoms in total. The number of aliphatic hydroxyl groups excluding tert-OH is 1. The minimum atomic E-state index is -3.26. The van der Waals surface area contributed by atoms with Crippen LogP contribution in [0.2, 0.25) is 0 Å². The lowest BCUT2D eigenvalue weighted by Gasteiger charge is -2.22. The Morgan fingerprint density at radius 3 is 1.21 bits per heavy atom. The molecule has 6 aromatic heterocycles. The van der Waals surface area contributed by atoms with Crippen LogP contribution >= 0.6 is 10.7 Å². The minimum Gasteiger partial charge on any atom is -0.396 e. The number of aryl methyl sites for hydroxylation is 6. The molecular formula is C47H73ClN12O16S2. The molecule has 2 N–H and O–H groups in total. The van der Waals surface area contributed by atoms with Crippen LogP contribution in [0.5, 0.6) is 0 Å². The summed E-state index contributed by atoms with van der Waals surface area (Å²) in [6, 6.07) is 0. The normalized spacial score (nSPS) is 16.9. The molecule has 0 unspecified atom stereocenters. The maximum Gasteiger partial charge on any atom is 0.332 e. The maximum atomic E-state index is 12.5. The third-order valence-electron chi connectivity index (χ3n) is 13.4. The van der Waals surface area contributed by atoms with E-state index in [-0.39, 0.29) is 22.5 Å². The number of fused-ring (bicyclic) bond motifs is 3. The number of aromatic amines is 1. The van der Waals surface area contributed by atoms with Crippen LogP contribution in [0.3, 0.4) is 0 Å². The molecule has 0 spiro atoms. The van der Waals surface area contributed by atoms with Crippen LogP contribution in [0.4, 0.5) is 0 Å². The van der Waals surface area contributed by atoms with E-state index in [2.05, 4.69) is 34.8 Å². The number of rotatable bonds is 8. The van der Waals surface area contributed by atoms with Crippen LogP contribution in [0.15, 0.2) is 47.7 Å². The first-order valence-electron chi connectivity index (χ1n) is 25.3. The smallest absolute Gasteiger partial charge is 0.332 e. The summed E-state index contributed by atoms with van der Waals surface area (Å²) < 4.78 is 77.3. The second-order valence-corrected chi connectivity index (χ2v) is 24.2. The lowest BCUT2D eigenvalue weighted by Crippen LogP contribution is -2.41. The van der Waals surface area contributed by atoms with E-state index >= 15 is 0 Å². The maximum absolute atomic E-state index is 12.5. The summed E-state index contributed by atoms with van der Waals surface area (Å²) in [6.45, 7) is 7.48. The van der Waals surface area contributed by atoms with Crippen LogP contribution in [0.25, 0.3) is 33.5 Å². The summed E-state index contributed by atoms with van der Waals surface area (Å²) >= 11 is 0. The lowest BCUT2D eigenvalue weighted by atomic mass is 10.0. The molecule has 4 aliphatic heterocycles. The molecule has 0 aromatic carbocycles. The Bertz CT molecular complexity index is 3390. The number of halogens is 1. The van der Waals surface area contributed by atoms with Crippen LogP contribution in [0.1, 0.15) is 51.4 Å². The molecule has 0 aliphatic carbocycles. The largest absolute Gasteiger partial charge is 0.396 e. The summed E-state index contributed by atoms with van der Waals surface area (Å²) in [5.74, 6) is 1.50. The minimum absolute atomic E-state index is 0.255. The number of ether oxygens (including phenoxy) is 4. The first-order chi connectivity index (χ1) is 36.8. The molecule has 78 heavy (non-hydrogen) atoms. The van der Waals surface area contributed by atoms with Gasteiger partial charge in [0.05, 0.1) is 38.1 Å². The molecule has 4 aliphatic rings. The van der Waals surface area contributed by atoms with Gasteiger partial charge >= 0.3 is 17.1 Å². The molecule has 4 saturated heterocycles. The molecule has 0 amide bonds. The van der Waals surface area contributed by atoms with Crippen LogP contribution in [-0.2, 0) is 97.7 Å². The van der Waals surface area contributed by atoms with E-state index in [9.17, 15) is 45.6 Å². The summed E-state index contributed by atoms with van der Waals surface area (Å²) in [5, 5.41) is 8.64. The predicted octanol–water partition coefficient (Wildman–Crippen LogP) is -0.340. The first kappa shape index (κ1) is 63.2. The van der Waals surface area contributed by atoms with Gasteiger partial charge < -0.3 is 37.8 Å². The summed E-state index contributed by atoms with van der Waals surface area (Å²) in [6.07, 6.45) is 14.0. The first-order valence-corrected chi connectivity index (χ1v) is 29.8. The van der Waals surface area contributed by atoms with Gasteiger partial charge in [-0.3, -0.25) is 46.4 Å². The monoisotopic (exact) mass is 1160 g/mol. The second kappa shape index (κ2) is 29.0. The number of imidazole rings is 3. The molecular weight excluding hydrogens is 1090 g/mol. The zero-order valence-corrected chi connectivity index (χ0v) is 47.8. The van der Waals surface area contributed by atoms with Gasteiger partial charge in [-0.1, -0.05) is 0 Å². The van der Waals surface area contributed by atoms with Crippen LogP contribution < -0.4 is 33.7 Å². The number of aliphatic hydroxyl groups is 1. The molecule has 0 radical (unpaired) electrons. The van der Waals surface area contributed by atoms with Gasteiger partial charge in [0.25, 0.3) is 26.8 Å². The number of H-pyrrole nitrogens is 1. The van der Waals surface area contributed by atoms with E-state index in [0.29, 0.717) is 110 Å². The average Bonchev–Trinajstić information content (AvgIpc) is 4.16. The van der Waals surface area contributed by atoms with Gasteiger partial charge in [-0.2, -0.15) is 8.42 Å². The molecule has 0 saturated carbocycles. The van der Waals surface area contributed by atoms with Crippen molar-refractivity contribution >= 4 is 63.3 Å². The zero-order chi connectivity index (χ0) is 57.5. The molecule has 10 heterocycles. The molecule has 4 fully saturated rings. The zero-order valence-electron chi connectivity index (χ0n) is 45.4. The van der Waals surface area contributed by atoms with E-state index < -0.39 is 30.4 Å². The Hall–Kier alpha value is -5.60. The van der Waals surface area contributed by atoms with Gasteiger partial charge in [-0.25, -0.2) is 37.8 Å². The fourth-order valence-electron chi connectivity index (χ4n) is 8.81. The van der Waals surface area contributed by atoms with Crippen molar-refractivity contribution in [2.45, 2.75) is 64.5 Å². The van der Waals surface area contributed by atoms with Gasteiger partial charge in [0.2, 0.25) is 9.05 Å². The van der Waals surface area contributed by atoms with E-state index in [0.717, 1.165) is 90.3 Å². The van der Waals surface area contributed by atoms with Crippen molar-refractivity contribution in [3.63, 3.8) is 0 Å². The number of hydrogen-bond acceptors (Lipinski definition) is 19. The highest BCUT2D eigenvalue weighted by Gasteiger charge is 2.22. The van der Waals surface area contributed by atoms with Gasteiger partial charge in [0.1, 0.15) is 0 Å². The fourth-order valence-corrected chi connectivity index (χ4v) is 9.25. The number of hydrogen-bond donors (Lipinski definition) is 2. The molecule has 10 rings (SSSR count). The van der Waals surface area contributed by atoms with E-state index in [4.69, 9.17) is 24.1 Å². The van der Waals surface area contributed by atoms with Crippen LogP contribution in [0, 0.1) is 23.7 Å². The van der Waals surface area contributed by atoms with E-state index in [1.807, 2.05) is 0 Å². The predicted molar refractivity (Wildman–Crippen MR) is 290 cm³/mol. The summed E-state index contributed by atoms with van der Waals surface area (Å²) in [7, 11) is 8.14. The Labute approximate surface area is 453 Å². The highest BCUT2D eigenvalue weighted by atomic mass is 35.7. The van der Waals surface area contributed by atoms with Crippen LogP contribution in [-0.4, -0.2) is 157 Å². The van der Waals surface area contributed by atoms with Crippen molar-refractivity contribution in [3.05, 3.63) is 81.5 Å². The standard InChI is InChI=1S/2C13H18N4O3.C7H8N4O2.C7H14O4S.C6H12O2.CH3ClO2S/c2*1-15-8-14-11-10(15)12(18)17(13(19)16(11)2)7-9-3-5-20-6-4-9;1-10-3-8-5-4(10)6(12)9-7(13)11(5)2;1-12(8,9)11-6-7-2-4-10-5-3-7;7-5-6-1-3-8-4-2-6;1-5(2,3)4/h2*8-9H,3-7H2,1-2H3;3H,1-2H3,(H,9,12,13);7H,2-6H2,1H3;6-7H,1-5H2;1H3. The number of aromatic nitrogens is 12. The van der Waals surface area contributed by atoms with Crippen molar-refractivity contribution < 1.29 is 45.1 Å². The Morgan fingerprint density at radius 1 is 0.551 bits per heavy atom. The molecule has 436 valence electrons. The van der Waals surface area contributed by atoms with Crippen molar-refractivity contribution in [1.82, 2.24) is 56.5 Å². The quantitative estimate of drug-likeness (QED) is 0.145. The molecule has 31 heteroatoms. The second-order valence-electron chi connectivity index (χ2n) is 19.5. The van der Waals surface area contributed by atoms with Crippen molar-refractivity contribution in [2.75, 3.05) is 78.6 Å². The van der Waals surface area contributed by atoms with Gasteiger partial charge in [-0.05, 0) is 75.0 Å². The SMILES string of the molecule is CS(=O)(=O)Cl.CS(=O)(=O)OCC1CCOCC1.Cn1cnc2c1c(=O)[nH]c(=O)n2C.Cn1cnc2c1c(=O)n(CC1CCOCC1)c(=O)n2C.Cn1cnc2c1c(=O)n(CC1CCOCC1)c(=O)n2C.OCC1CCOCC1. The molecule has 6 aromatic rings. The topological polar surface area (TPSA) is 331 Å². The van der Waals surface area contributed by atoms with Gasteiger partial charge in [0, 0.05) is 126 Å². The summed E-state index contributed by atoms with van der Waals surface area (Å²) in [5.41, 5.74) is 0.659. The van der Waals surface area contributed by atoms with Crippen molar-refractivity contribution in [2.24, 2.45) is 66.0 Å². The summed E-state index contributed by atoms with van der Waals surface area (Å²) in [4.78, 5) is 86.5. The highest BCUT2D eigenvalue weighted by molar-refractivity contribution is 8.13. The van der Waals surface area contributed by atoms with Crippen molar-refractivity contribution in [1.29, 1.82) is 0 Å². The highest BCUT2D eigenvalue weighted by Crippen LogP contribution is 2.18. The number of nitrogens with zero attached hydrogens (tertiary/aromatic N) is 11. The third kappa shape index (κ3) is 18.0. The Balaban J connectivity index is 0.000000181. The Morgan fingerprint density at radius 2 is 0.872 bits per heavy atom. The Kier molecular flexibility index (Phi) is 23.5. The van der Waals surface area contributed by atoms with Gasteiger partial charge in [0.15, 0.2) is 33.5 Å². The fraction of sp³-hybridized carbons (Fsp3) is 0.681.